The summed E-state index contributed by atoms with van der Waals surface area (Å²) >= 11 is 8.64. The number of ether oxygens (including phenoxy) is 1. The van der Waals surface area contributed by atoms with Crippen LogP contribution in [0.25, 0.3) is 0 Å². The molecule has 0 unspecified atom stereocenters. The Labute approximate surface area is 143 Å². The van der Waals surface area contributed by atoms with E-state index in [4.69, 9.17) is 11.6 Å². The molecule has 1 N–H and O–H groups in total. The third kappa shape index (κ3) is 6.72. The predicted octanol–water partition coefficient (Wildman–Crippen LogP) is 5.17. The van der Waals surface area contributed by atoms with Gasteiger partial charge in [0.2, 0.25) is 5.91 Å². The van der Waals surface area contributed by atoms with Gasteiger partial charge < -0.3 is 10.1 Å². The van der Waals surface area contributed by atoms with E-state index >= 15 is 0 Å². The molecule has 23 heavy (non-hydrogen) atoms. The molecule has 0 aliphatic carbocycles. The lowest BCUT2D eigenvalue weighted by Gasteiger charge is -2.10. The van der Waals surface area contributed by atoms with Crippen molar-refractivity contribution in [2.75, 3.05) is 11.1 Å². The number of thioether (sulfide) groups is 1. The molecule has 0 aliphatic rings. The fourth-order valence-corrected chi connectivity index (χ4v) is 3.67. The number of rotatable bonds is 6. The molecular formula is C14H11ClF3NO2S2. The quantitative estimate of drug-likeness (QED) is 0.750. The van der Waals surface area contributed by atoms with Crippen molar-refractivity contribution in [2.45, 2.75) is 12.1 Å². The molecule has 1 amide bonds. The first-order chi connectivity index (χ1) is 10.8. The average molecular weight is 382 g/mol. The van der Waals surface area contributed by atoms with Crippen LogP contribution in [0.15, 0.2) is 36.4 Å². The van der Waals surface area contributed by atoms with Crippen LogP contribution in [-0.2, 0) is 10.5 Å². The minimum Gasteiger partial charge on any atom is -0.406 e. The van der Waals surface area contributed by atoms with E-state index in [1.54, 1.807) is 6.07 Å². The topological polar surface area (TPSA) is 38.3 Å². The lowest BCUT2D eigenvalue weighted by Crippen LogP contribution is -2.18. The summed E-state index contributed by atoms with van der Waals surface area (Å²) in [5.41, 5.74) is 0.247. The van der Waals surface area contributed by atoms with Crippen molar-refractivity contribution in [1.29, 1.82) is 0 Å². The van der Waals surface area contributed by atoms with E-state index < -0.39 is 6.36 Å². The third-order valence-electron chi connectivity index (χ3n) is 2.46. The molecule has 2 rings (SSSR count). The molecular weight excluding hydrogens is 371 g/mol. The number of amides is 1. The van der Waals surface area contributed by atoms with E-state index in [1.165, 1.54) is 41.3 Å². The van der Waals surface area contributed by atoms with Gasteiger partial charge in [-0.05, 0) is 24.3 Å². The fraction of sp³-hybridized carbons (Fsp3) is 0.214. The molecule has 124 valence electrons. The van der Waals surface area contributed by atoms with E-state index in [0.717, 1.165) is 10.9 Å². The zero-order valence-corrected chi connectivity index (χ0v) is 13.9. The second kappa shape index (κ2) is 7.94. The highest BCUT2D eigenvalue weighted by Gasteiger charge is 2.31. The SMILES string of the molecule is O=C(CSCc1ccc(Cl)s1)Nc1cccc(OC(F)(F)F)c1. The van der Waals surface area contributed by atoms with Crippen molar-refractivity contribution in [2.24, 2.45) is 0 Å². The number of hydrogen-bond acceptors (Lipinski definition) is 4. The Morgan fingerprint density at radius 2 is 2.09 bits per heavy atom. The van der Waals surface area contributed by atoms with E-state index in [0.29, 0.717) is 10.1 Å². The van der Waals surface area contributed by atoms with E-state index in [1.807, 2.05) is 6.07 Å². The second-order valence-corrected chi connectivity index (χ2v) is 7.11. The second-order valence-electron chi connectivity index (χ2n) is 4.32. The Bertz CT molecular complexity index is 676. The minimum atomic E-state index is -4.76. The summed E-state index contributed by atoms with van der Waals surface area (Å²) in [7, 11) is 0. The largest absolute Gasteiger partial charge is 0.573 e. The van der Waals surface area contributed by atoms with Crippen molar-refractivity contribution >= 4 is 46.3 Å². The van der Waals surface area contributed by atoms with Crippen LogP contribution in [0.1, 0.15) is 4.88 Å². The zero-order chi connectivity index (χ0) is 16.9. The summed E-state index contributed by atoms with van der Waals surface area (Å²) in [6.07, 6.45) is -4.76. The fourth-order valence-electron chi connectivity index (χ4n) is 1.64. The number of thiophene rings is 1. The standard InChI is InChI=1S/C14H11ClF3NO2S2/c15-12-5-4-11(23-12)7-22-8-13(20)19-9-2-1-3-10(6-9)21-14(16,17)18/h1-6H,7-8H2,(H,19,20). The van der Waals surface area contributed by atoms with Gasteiger partial charge in [0.1, 0.15) is 5.75 Å². The molecule has 0 spiro atoms. The van der Waals surface area contributed by atoms with Gasteiger partial charge in [-0.3, -0.25) is 4.79 Å². The number of anilines is 1. The molecule has 0 saturated carbocycles. The Hall–Kier alpha value is -1.38. The Balaban J connectivity index is 1.81. The number of alkyl halides is 3. The van der Waals surface area contributed by atoms with Crippen molar-refractivity contribution in [3.05, 3.63) is 45.6 Å². The molecule has 0 aliphatic heterocycles. The first-order valence-electron chi connectivity index (χ1n) is 6.29. The average Bonchev–Trinajstić information content (AvgIpc) is 2.83. The van der Waals surface area contributed by atoms with E-state index in [-0.39, 0.29) is 23.1 Å². The molecule has 1 aromatic heterocycles. The number of nitrogens with one attached hydrogen (secondary N) is 1. The highest BCUT2D eigenvalue weighted by Crippen LogP contribution is 2.26. The lowest BCUT2D eigenvalue weighted by atomic mass is 10.3. The van der Waals surface area contributed by atoms with Crippen LogP contribution in [0.5, 0.6) is 5.75 Å². The molecule has 0 fully saturated rings. The van der Waals surface area contributed by atoms with Crippen LogP contribution in [-0.4, -0.2) is 18.0 Å². The summed E-state index contributed by atoms with van der Waals surface area (Å²) in [4.78, 5) is 12.8. The van der Waals surface area contributed by atoms with Gasteiger partial charge >= 0.3 is 6.36 Å². The Morgan fingerprint density at radius 1 is 1.30 bits per heavy atom. The van der Waals surface area contributed by atoms with Gasteiger partial charge in [-0.1, -0.05) is 17.7 Å². The third-order valence-corrected chi connectivity index (χ3v) is 4.85. The van der Waals surface area contributed by atoms with Gasteiger partial charge in [-0.15, -0.1) is 36.3 Å². The van der Waals surface area contributed by atoms with Crippen molar-refractivity contribution in [3.8, 4) is 5.75 Å². The van der Waals surface area contributed by atoms with E-state index in [2.05, 4.69) is 10.1 Å². The molecule has 1 heterocycles. The smallest absolute Gasteiger partial charge is 0.406 e. The van der Waals surface area contributed by atoms with Crippen LogP contribution in [0.3, 0.4) is 0 Å². The normalized spacial score (nSPS) is 11.3. The summed E-state index contributed by atoms with van der Waals surface area (Å²) in [6, 6.07) is 8.82. The minimum absolute atomic E-state index is 0.180. The van der Waals surface area contributed by atoms with Crippen LogP contribution in [0.2, 0.25) is 4.34 Å². The van der Waals surface area contributed by atoms with Crippen LogP contribution in [0.4, 0.5) is 18.9 Å². The molecule has 0 bridgehead atoms. The van der Waals surface area contributed by atoms with Gasteiger partial charge in [0, 0.05) is 22.4 Å². The summed E-state index contributed by atoms with van der Waals surface area (Å²) in [5, 5.41) is 2.53. The first kappa shape index (κ1) is 18.0. The van der Waals surface area contributed by atoms with Gasteiger partial charge in [0.15, 0.2) is 0 Å². The zero-order valence-electron chi connectivity index (χ0n) is 11.5. The number of carbonyl (C=O) groups is 1. The summed E-state index contributed by atoms with van der Waals surface area (Å²) in [6.45, 7) is 0. The molecule has 2 aromatic rings. The van der Waals surface area contributed by atoms with Crippen molar-refractivity contribution in [1.82, 2.24) is 0 Å². The molecule has 0 saturated heterocycles. The number of carbonyl (C=O) groups excluding carboxylic acids is 1. The summed E-state index contributed by atoms with van der Waals surface area (Å²) < 4.78 is 40.9. The van der Waals surface area contributed by atoms with Crippen molar-refractivity contribution < 1.29 is 22.7 Å². The van der Waals surface area contributed by atoms with E-state index in [9.17, 15) is 18.0 Å². The number of halogens is 4. The van der Waals surface area contributed by atoms with Gasteiger partial charge in [-0.25, -0.2) is 0 Å². The molecule has 1 aromatic carbocycles. The van der Waals surface area contributed by atoms with Crippen LogP contribution < -0.4 is 10.1 Å². The van der Waals surface area contributed by atoms with Crippen LogP contribution >= 0.6 is 34.7 Å². The monoisotopic (exact) mass is 381 g/mol. The Morgan fingerprint density at radius 3 is 2.74 bits per heavy atom. The molecule has 0 atom stereocenters. The van der Waals surface area contributed by atoms with Crippen molar-refractivity contribution in [3.63, 3.8) is 0 Å². The lowest BCUT2D eigenvalue weighted by molar-refractivity contribution is -0.274. The Kier molecular flexibility index (Phi) is 6.20. The van der Waals surface area contributed by atoms with Crippen LogP contribution in [0, 0.1) is 0 Å². The maximum atomic E-state index is 12.1. The first-order valence-corrected chi connectivity index (χ1v) is 8.64. The maximum absolute atomic E-state index is 12.1. The highest BCUT2D eigenvalue weighted by molar-refractivity contribution is 7.99. The summed E-state index contributed by atoms with van der Waals surface area (Å²) in [5.74, 6) is 0.139. The maximum Gasteiger partial charge on any atom is 0.573 e. The van der Waals surface area contributed by atoms with Gasteiger partial charge in [-0.2, -0.15) is 0 Å². The molecule has 3 nitrogen and oxygen atoms in total. The molecule has 0 radical (unpaired) electrons. The van der Waals surface area contributed by atoms with Gasteiger partial charge in [0.05, 0.1) is 10.1 Å². The van der Waals surface area contributed by atoms with Gasteiger partial charge in [0.25, 0.3) is 0 Å². The number of benzene rings is 1. The highest BCUT2D eigenvalue weighted by atomic mass is 35.5. The molecule has 9 heteroatoms. The predicted molar refractivity (Wildman–Crippen MR) is 87.2 cm³/mol. The number of hydrogen-bond donors (Lipinski definition) is 1.